The number of nitrogens with zero attached hydrogens (tertiary/aromatic N) is 2. The highest BCUT2D eigenvalue weighted by molar-refractivity contribution is 5.94. The maximum atomic E-state index is 11.8. The van der Waals surface area contributed by atoms with Crippen LogP contribution in [0.1, 0.15) is 13.8 Å². The molecule has 0 aliphatic carbocycles. The molecule has 1 amide bonds. The summed E-state index contributed by atoms with van der Waals surface area (Å²) in [5.74, 6) is 0.314. The van der Waals surface area contributed by atoms with Crippen LogP contribution in [0.15, 0.2) is 30.6 Å². The van der Waals surface area contributed by atoms with E-state index in [1.165, 1.54) is 0 Å². The lowest BCUT2D eigenvalue weighted by molar-refractivity contribution is -0.118. The van der Waals surface area contributed by atoms with Crippen molar-refractivity contribution >= 4 is 11.7 Å². The van der Waals surface area contributed by atoms with Crippen LogP contribution in [0.3, 0.4) is 0 Å². The Bertz CT molecular complexity index is 549. The fourth-order valence-corrected chi connectivity index (χ4v) is 1.58. The molecule has 6 nitrogen and oxygen atoms in total. The van der Waals surface area contributed by atoms with Crippen LogP contribution >= 0.6 is 0 Å². The molecule has 0 saturated carbocycles. The normalized spacial score (nSPS) is 12.4. The average Bonchev–Trinajstić information content (AvgIpc) is 2.87. The van der Waals surface area contributed by atoms with Crippen LogP contribution in [0.25, 0.3) is 11.3 Å². The quantitative estimate of drug-likeness (QED) is 0.773. The van der Waals surface area contributed by atoms with Crippen molar-refractivity contribution in [2.45, 2.75) is 19.9 Å². The minimum atomic E-state index is -0.541. The van der Waals surface area contributed by atoms with Crippen LogP contribution < -0.4 is 11.1 Å². The van der Waals surface area contributed by atoms with E-state index in [-0.39, 0.29) is 11.8 Å². The number of rotatable bonds is 4. The maximum absolute atomic E-state index is 11.8. The number of aromatic nitrogens is 3. The van der Waals surface area contributed by atoms with Crippen molar-refractivity contribution in [1.29, 1.82) is 0 Å². The van der Waals surface area contributed by atoms with Crippen LogP contribution in [0, 0.1) is 5.92 Å². The summed E-state index contributed by atoms with van der Waals surface area (Å²) in [6.45, 7) is 3.80. The number of nitrogens with two attached hydrogens (primary N) is 1. The van der Waals surface area contributed by atoms with Crippen molar-refractivity contribution in [1.82, 2.24) is 15.2 Å². The summed E-state index contributed by atoms with van der Waals surface area (Å²) in [4.78, 5) is 15.7. The van der Waals surface area contributed by atoms with Crippen LogP contribution in [0.2, 0.25) is 0 Å². The minimum absolute atomic E-state index is 0.0820. The molecule has 2 aromatic heterocycles. The second kappa shape index (κ2) is 5.62. The van der Waals surface area contributed by atoms with E-state index in [0.717, 1.165) is 11.3 Å². The summed E-state index contributed by atoms with van der Waals surface area (Å²) in [5, 5.41) is 9.59. The fraction of sp³-hybridized carbons (Fsp3) is 0.308. The summed E-state index contributed by atoms with van der Waals surface area (Å²) in [6.07, 6.45) is 3.40. The van der Waals surface area contributed by atoms with Crippen LogP contribution in [-0.2, 0) is 4.79 Å². The lowest BCUT2D eigenvalue weighted by Crippen LogP contribution is -2.39. The highest BCUT2D eigenvalue weighted by Gasteiger charge is 2.18. The highest BCUT2D eigenvalue weighted by Crippen LogP contribution is 2.18. The van der Waals surface area contributed by atoms with Crippen molar-refractivity contribution in [3.05, 3.63) is 30.6 Å². The van der Waals surface area contributed by atoms with E-state index in [1.807, 2.05) is 26.0 Å². The first kappa shape index (κ1) is 13.2. The molecule has 0 saturated heterocycles. The van der Waals surface area contributed by atoms with E-state index >= 15 is 0 Å². The third kappa shape index (κ3) is 3.17. The Hall–Kier alpha value is -2.21. The molecule has 100 valence electrons. The van der Waals surface area contributed by atoms with Gasteiger partial charge in [0.15, 0.2) is 5.82 Å². The molecule has 0 unspecified atom stereocenters. The Morgan fingerprint density at radius 2 is 2.05 bits per heavy atom. The topological polar surface area (TPSA) is 96.7 Å². The maximum Gasteiger partial charge on any atom is 0.242 e. The number of carbonyl (C=O) groups is 1. The van der Waals surface area contributed by atoms with Gasteiger partial charge < -0.3 is 11.1 Å². The molecule has 0 radical (unpaired) electrons. The van der Waals surface area contributed by atoms with Crippen molar-refractivity contribution in [3.63, 3.8) is 0 Å². The summed E-state index contributed by atoms with van der Waals surface area (Å²) in [5.41, 5.74) is 7.54. The molecule has 0 spiro atoms. The summed E-state index contributed by atoms with van der Waals surface area (Å²) < 4.78 is 0. The van der Waals surface area contributed by atoms with Gasteiger partial charge in [0.2, 0.25) is 5.91 Å². The molecule has 2 heterocycles. The number of H-pyrrole nitrogens is 1. The number of anilines is 1. The summed E-state index contributed by atoms with van der Waals surface area (Å²) in [7, 11) is 0. The van der Waals surface area contributed by atoms with Crippen molar-refractivity contribution < 1.29 is 4.79 Å². The highest BCUT2D eigenvalue weighted by atomic mass is 16.2. The molecule has 6 heteroatoms. The van der Waals surface area contributed by atoms with Gasteiger partial charge in [-0.2, -0.15) is 5.10 Å². The predicted molar refractivity (Wildman–Crippen MR) is 73.3 cm³/mol. The van der Waals surface area contributed by atoms with Gasteiger partial charge in [-0.3, -0.25) is 14.9 Å². The third-order valence-electron chi connectivity index (χ3n) is 2.84. The summed E-state index contributed by atoms with van der Waals surface area (Å²) in [6, 6.07) is 4.94. The van der Waals surface area contributed by atoms with E-state index in [0.29, 0.717) is 5.82 Å². The van der Waals surface area contributed by atoms with Gasteiger partial charge in [-0.25, -0.2) is 0 Å². The van der Waals surface area contributed by atoms with Crippen molar-refractivity contribution in [3.8, 4) is 11.3 Å². The second-order valence-corrected chi connectivity index (χ2v) is 4.66. The number of hydrogen-bond donors (Lipinski definition) is 3. The zero-order chi connectivity index (χ0) is 13.8. The standard InChI is InChI=1S/C13H17N5O/c1-8(2)12(14)13(19)16-11-7-10(17-18-11)9-3-5-15-6-4-9/h3-8,12H,14H2,1-2H3,(H2,16,17,18,19)/t12-/m0/s1. The molecule has 1 atom stereocenters. The Labute approximate surface area is 111 Å². The van der Waals surface area contributed by atoms with E-state index in [4.69, 9.17) is 5.73 Å². The zero-order valence-corrected chi connectivity index (χ0v) is 10.9. The minimum Gasteiger partial charge on any atom is -0.320 e. The molecule has 0 aliphatic heterocycles. The molecule has 19 heavy (non-hydrogen) atoms. The van der Waals surface area contributed by atoms with Crippen molar-refractivity contribution in [2.75, 3.05) is 5.32 Å². The van der Waals surface area contributed by atoms with Gasteiger partial charge in [0.05, 0.1) is 11.7 Å². The number of carbonyl (C=O) groups excluding carboxylic acids is 1. The van der Waals surface area contributed by atoms with E-state index in [1.54, 1.807) is 18.5 Å². The second-order valence-electron chi connectivity index (χ2n) is 4.66. The van der Waals surface area contributed by atoms with Gasteiger partial charge >= 0.3 is 0 Å². The first-order valence-electron chi connectivity index (χ1n) is 6.10. The number of nitrogens with one attached hydrogen (secondary N) is 2. The lowest BCUT2D eigenvalue weighted by atomic mass is 10.1. The number of pyridine rings is 1. The van der Waals surface area contributed by atoms with Gasteiger partial charge in [0.25, 0.3) is 0 Å². The predicted octanol–water partition coefficient (Wildman–Crippen LogP) is 1.39. The monoisotopic (exact) mass is 259 g/mol. The largest absolute Gasteiger partial charge is 0.320 e. The molecule has 2 rings (SSSR count). The molecule has 0 aromatic carbocycles. The zero-order valence-electron chi connectivity index (χ0n) is 10.9. The Morgan fingerprint density at radius 1 is 1.37 bits per heavy atom. The number of aromatic amines is 1. The smallest absolute Gasteiger partial charge is 0.242 e. The van der Waals surface area contributed by atoms with Crippen molar-refractivity contribution in [2.24, 2.45) is 11.7 Å². The van der Waals surface area contributed by atoms with Gasteiger partial charge in [-0.05, 0) is 18.1 Å². The lowest BCUT2D eigenvalue weighted by Gasteiger charge is -2.13. The van der Waals surface area contributed by atoms with E-state index in [2.05, 4.69) is 20.5 Å². The van der Waals surface area contributed by atoms with E-state index < -0.39 is 6.04 Å². The molecule has 0 fully saturated rings. The van der Waals surface area contributed by atoms with Crippen LogP contribution in [-0.4, -0.2) is 27.1 Å². The molecular weight excluding hydrogens is 242 g/mol. The summed E-state index contributed by atoms with van der Waals surface area (Å²) >= 11 is 0. The molecule has 2 aromatic rings. The molecular formula is C13H17N5O. The number of hydrogen-bond acceptors (Lipinski definition) is 4. The first-order chi connectivity index (χ1) is 9.08. The Balaban J connectivity index is 2.08. The van der Waals surface area contributed by atoms with Crippen LogP contribution in [0.5, 0.6) is 0 Å². The first-order valence-corrected chi connectivity index (χ1v) is 6.10. The van der Waals surface area contributed by atoms with Gasteiger partial charge in [-0.15, -0.1) is 0 Å². The fourth-order valence-electron chi connectivity index (χ4n) is 1.58. The Kier molecular flexibility index (Phi) is 3.91. The van der Waals surface area contributed by atoms with Crippen LogP contribution in [0.4, 0.5) is 5.82 Å². The van der Waals surface area contributed by atoms with Gasteiger partial charge in [0, 0.05) is 24.0 Å². The number of amides is 1. The van der Waals surface area contributed by atoms with Gasteiger partial charge in [0.1, 0.15) is 0 Å². The Morgan fingerprint density at radius 3 is 2.68 bits per heavy atom. The molecule has 4 N–H and O–H groups in total. The molecule has 0 bridgehead atoms. The van der Waals surface area contributed by atoms with Gasteiger partial charge in [-0.1, -0.05) is 13.8 Å². The SMILES string of the molecule is CC(C)[C@H](N)C(=O)Nc1cc(-c2ccncc2)[nH]n1. The average molecular weight is 259 g/mol. The van der Waals surface area contributed by atoms with E-state index in [9.17, 15) is 4.79 Å². The third-order valence-corrected chi connectivity index (χ3v) is 2.84. The molecule has 0 aliphatic rings.